The Bertz CT molecular complexity index is 1220. The van der Waals surface area contributed by atoms with Crippen molar-refractivity contribution >= 4 is 20.0 Å². The highest BCUT2D eigenvalue weighted by Gasteiger charge is 2.42. The van der Waals surface area contributed by atoms with Gasteiger partial charge in [-0.05, 0) is 38.1 Å². The van der Waals surface area contributed by atoms with Gasteiger partial charge in [-0.2, -0.15) is 8.61 Å². The highest BCUT2D eigenvalue weighted by molar-refractivity contribution is 7.89. The van der Waals surface area contributed by atoms with Crippen molar-refractivity contribution in [2.24, 2.45) is 0 Å². The van der Waals surface area contributed by atoms with Crippen LogP contribution < -0.4 is 14.2 Å². The van der Waals surface area contributed by atoms with Crippen LogP contribution in [0.25, 0.3) is 0 Å². The zero-order valence-electron chi connectivity index (χ0n) is 19.0. The number of benzene rings is 2. The molecule has 33 heavy (non-hydrogen) atoms. The van der Waals surface area contributed by atoms with Crippen LogP contribution in [0, 0.1) is 0 Å². The first-order valence-electron chi connectivity index (χ1n) is 10.1. The molecule has 2 aromatic carbocycles. The Labute approximate surface area is 194 Å². The first-order valence-corrected chi connectivity index (χ1v) is 13.0. The average molecular weight is 501 g/mol. The number of hydrogen-bond donors (Lipinski definition) is 1. The lowest BCUT2D eigenvalue weighted by Gasteiger charge is -2.42. The third-order valence-corrected chi connectivity index (χ3v) is 9.48. The Balaban J connectivity index is 1.90. The van der Waals surface area contributed by atoms with Crippen LogP contribution in [0.15, 0.2) is 46.2 Å². The van der Waals surface area contributed by atoms with Crippen LogP contribution in [0.5, 0.6) is 23.0 Å². The van der Waals surface area contributed by atoms with Gasteiger partial charge in [0.2, 0.25) is 20.0 Å². The zero-order chi connectivity index (χ0) is 24.6. The van der Waals surface area contributed by atoms with Gasteiger partial charge >= 0.3 is 0 Å². The predicted octanol–water partition coefficient (Wildman–Crippen LogP) is 1.89. The predicted molar refractivity (Wildman–Crippen MR) is 121 cm³/mol. The number of phenolic OH excluding ortho intramolecular Hbond substituents is 1. The molecule has 1 fully saturated rings. The lowest BCUT2D eigenvalue weighted by atomic mass is 10.2. The van der Waals surface area contributed by atoms with Gasteiger partial charge in [0.05, 0.1) is 31.1 Å². The number of sulfonamides is 2. The number of aromatic hydroxyl groups is 1. The first kappa shape index (κ1) is 25.1. The van der Waals surface area contributed by atoms with Crippen molar-refractivity contribution in [1.82, 2.24) is 8.61 Å². The first-order chi connectivity index (χ1) is 15.5. The minimum atomic E-state index is -4.00. The largest absolute Gasteiger partial charge is 0.504 e. The van der Waals surface area contributed by atoms with E-state index in [1.54, 1.807) is 13.8 Å². The van der Waals surface area contributed by atoms with E-state index in [-0.39, 0.29) is 40.1 Å². The van der Waals surface area contributed by atoms with Crippen molar-refractivity contribution in [2.45, 2.75) is 35.7 Å². The van der Waals surface area contributed by atoms with Gasteiger partial charge in [0, 0.05) is 37.3 Å². The summed E-state index contributed by atoms with van der Waals surface area (Å²) >= 11 is 0. The van der Waals surface area contributed by atoms with E-state index in [1.807, 2.05) is 0 Å². The van der Waals surface area contributed by atoms with E-state index in [9.17, 15) is 21.9 Å². The lowest BCUT2D eigenvalue weighted by molar-refractivity contribution is 0.159. The lowest BCUT2D eigenvalue weighted by Crippen LogP contribution is -2.59. The van der Waals surface area contributed by atoms with Crippen molar-refractivity contribution in [2.75, 3.05) is 34.4 Å². The third kappa shape index (κ3) is 4.60. The van der Waals surface area contributed by atoms with Crippen LogP contribution in [0.2, 0.25) is 0 Å². The molecule has 0 unspecified atom stereocenters. The second-order valence-corrected chi connectivity index (χ2v) is 11.5. The minimum absolute atomic E-state index is 0.0240. The Kier molecular flexibility index (Phi) is 7.13. The van der Waals surface area contributed by atoms with Crippen molar-refractivity contribution in [1.29, 1.82) is 0 Å². The molecule has 0 aliphatic carbocycles. The third-order valence-electron chi connectivity index (χ3n) is 5.52. The highest BCUT2D eigenvalue weighted by Crippen LogP contribution is 2.34. The Morgan fingerprint density at radius 2 is 1.24 bits per heavy atom. The molecule has 0 aromatic heterocycles. The molecule has 1 aliphatic heterocycles. The fourth-order valence-electron chi connectivity index (χ4n) is 4.01. The summed E-state index contributed by atoms with van der Waals surface area (Å²) in [5, 5.41) is 10.0. The molecule has 182 valence electrons. The summed E-state index contributed by atoms with van der Waals surface area (Å²) in [5.74, 6) is 0.534. The molecule has 0 radical (unpaired) electrons. The fourth-order valence-corrected chi connectivity index (χ4v) is 7.45. The number of ether oxygens (including phenoxy) is 3. The Hall–Kier alpha value is -2.54. The van der Waals surface area contributed by atoms with Gasteiger partial charge in [-0.3, -0.25) is 0 Å². The normalized spacial score (nSPS) is 20.4. The molecule has 1 saturated heterocycles. The summed E-state index contributed by atoms with van der Waals surface area (Å²) in [5.41, 5.74) is 0. The molecule has 0 bridgehead atoms. The van der Waals surface area contributed by atoms with E-state index in [1.165, 1.54) is 60.3 Å². The summed E-state index contributed by atoms with van der Waals surface area (Å²) in [7, 11) is -3.68. The van der Waals surface area contributed by atoms with Crippen molar-refractivity contribution in [3.8, 4) is 23.0 Å². The molecule has 10 nitrogen and oxygen atoms in total. The average Bonchev–Trinajstić information content (AvgIpc) is 2.77. The number of nitrogens with zero attached hydrogens (tertiary/aromatic N) is 2. The Morgan fingerprint density at radius 1 is 0.758 bits per heavy atom. The van der Waals surface area contributed by atoms with E-state index in [4.69, 9.17) is 14.2 Å². The number of hydrogen-bond acceptors (Lipinski definition) is 8. The summed E-state index contributed by atoms with van der Waals surface area (Å²) in [6.07, 6.45) is 0. The van der Waals surface area contributed by atoms with Crippen LogP contribution in [0.1, 0.15) is 13.8 Å². The zero-order valence-corrected chi connectivity index (χ0v) is 20.7. The Morgan fingerprint density at radius 3 is 1.73 bits per heavy atom. The number of phenols is 1. The van der Waals surface area contributed by atoms with Crippen molar-refractivity contribution in [3.63, 3.8) is 0 Å². The van der Waals surface area contributed by atoms with Crippen LogP contribution in [-0.2, 0) is 20.0 Å². The van der Waals surface area contributed by atoms with Crippen LogP contribution in [0.3, 0.4) is 0 Å². The maximum atomic E-state index is 13.3. The molecule has 2 aromatic rings. The molecule has 12 heteroatoms. The van der Waals surface area contributed by atoms with Gasteiger partial charge in [-0.25, -0.2) is 16.8 Å². The SMILES string of the molecule is COc1ccc(S(=O)(=O)N2[C@H](C)CN(S(=O)(=O)c3ccc(OC)c(OC)c3)C[C@@H]2C)cc1O. The van der Waals surface area contributed by atoms with Gasteiger partial charge in [-0.15, -0.1) is 0 Å². The van der Waals surface area contributed by atoms with Crippen LogP contribution >= 0.6 is 0 Å². The standard InChI is InChI=1S/C21H28N2O8S2/c1-14-12-22(32(25,26)17-7-9-20(30-4)21(11-17)31-5)13-15(2)23(14)33(27,28)16-6-8-19(29-3)18(24)10-16/h6-11,14-15,24H,12-13H2,1-5H3/t14-,15+. The molecule has 1 heterocycles. The molecule has 3 rings (SSSR count). The van der Waals surface area contributed by atoms with Crippen molar-refractivity contribution in [3.05, 3.63) is 36.4 Å². The fraction of sp³-hybridized carbons (Fsp3) is 0.429. The van der Waals surface area contributed by atoms with Crippen molar-refractivity contribution < 1.29 is 36.2 Å². The van der Waals surface area contributed by atoms with E-state index < -0.39 is 32.1 Å². The highest BCUT2D eigenvalue weighted by atomic mass is 32.2. The molecular weight excluding hydrogens is 472 g/mol. The molecule has 0 spiro atoms. The molecular formula is C21H28N2O8S2. The number of piperazine rings is 1. The topological polar surface area (TPSA) is 123 Å². The van der Waals surface area contributed by atoms with Crippen LogP contribution in [-0.4, -0.2) is 77.1 Å². The molecule has 0 saturated carbocycles. The molecule has 2 atom stereocenters. The van der Waals surface area contributed by atoms with E-state index in [0.717, 1.165) is 6.07 Å². The van der Waals surface area contributed by atoms with E-state index in [0.29, 0.717) is 5.75 Å². The van der Waals surface area contributed by atoms with E-state index >= 15 is 0 Å². The monoisotopic (exact) mass is 500 g/mol. The quantitative estimate of drug-likeness (QED) is 0.612. The number of rotatable bonds is 7. The molecule has 0 amide bonds. The number of methoxy groups -OCH3 is 3. The van der Waals surface area contributed by atoms with E-state index in [2.05, 4.69) is 0 Å². The van der Waals surface area contributed by atoms with Gasteiger partial charge in [0.1, 0.15) is 0 Å². The van der Waals surface area contributed by atoms with Gasteiger partial charge in [0.25, 0.3) is 0 Å². The smallest absolute Gasteiger partial charge is 0.243 e. The summed E-state index contributed by atoms with van der Waals surface area (Å²) in [4.78, 5) is -0.0772. The maximum Gasteiger partial charge on any atom is 0.243 e. The van der Waals surface area contributed by atoms with Gasteiger partial charge in [0.15, 0.2) is 23.0 Å². The molecule has 1 N–H and O–H groups in total. The second kappa shape index (κ2) is 9.37. The second-order valence-electron chi connectivity index (χ2n) is 7.71. The van der Waals surface area contributed by atoms with Gasteiger partial charge in [-0.1, -0.05) is 0 Å². The van der Waals surface area contributed by atoms with Crippen LogP contribution in [0.4, 0.5) is 0 Å². The molecule has 1 aliphatic rings. The maximum absolute atomic E-state index is 13.3. The van der Waals surface area contributed by atoms with Gasteiger partial charge < -0.3 is 19.3 Å². The minimum Gasteiger partial charge on any atom is -0.504 e. The summed E-state index contributed by atoms with van der Waals surface area (Å²) in [6, 6.07) is 6.85. The summed E-state index contributed by atoms with van der Waals surface area (Å²) < 4.78 is 71.1. The summed E-state index contributed by atoms with van der Waals surface area (Å²) in [6.45, 7) is 3.21.